The summed E-state index contributed by atoms with van der Waals surface area (Å²) in [7, 11) is 0. The van der Waals surface area contributed by atoms with Gasteiger partial charge in [-0.1, -0.05) is 5.16 Å². The lowest BCUT2D eigenvalue weighted by Crippen LogP contribution is -1.90. The molecule has 0 saturated heterocycles. The SMILES string of the molecule is Cc1cc(C)c2c(n1)sc1c2ncn2nc(-c3cc(-c4ccco4)on3)nc12. The van der Waals surface area contributed by atoms with Gasteiger partial charge in [-0.2, -0.15) is 0 Å². The topological polar surface area (TPSA) is 95.1 Å². The van der Waals surface area contributed by atoms with Crippen LogP contribution >= 0.6 is 11.3 Å². The Morgan fingerprint density at radius 3 is 2.89 bits per heavy atom. The smallest absolute Gasteiger partial charge is 0.204 e. The highest BCUT2D eigenvalue weighted by atomic mass is 32.1. The quantitative estimate of drug-likeness (QED) is 0.433. The van der Waals surface area contributed by atoms with E-state index in [0.29, 0.717) is 23.0 Å². The number of aryl methyl sites for hydroxylation is 2. The molecule has 0 aliphatic heterocycles. The van der Waals surface area contributed by atoms with E-state index in [1.165, 1.54) is 0 Å². The molecule has 0 N–H and O–H groups in total. The Bertz CT molecular complexity index is 1490. The molecular formula is C19H12N6O2S. The maximum Gasteiger partial charge on any atom is 0.204 e. The molecule has 6 aromatic rings. The predicted molar refractivity (Wildman–Crippen MR) is 104 cm³/mol. The van der Waals surface area contributed by atoms with Crippen LogP contribution in [0.15, 0.2) is 45.8 Å². The fourth-order valence-electron chi connectivity index (χ4n) is 3.39. The van der Waals surface area contributed by atoms with Gasteiger partial charge in [0.05, 0.1) is 11.8 Å². The van der Waals surface area contributed by atoms with Crippen LogP contribution in [0.5, 0.6) is 0 Å². The lowest BCUT2D eigenvalue weighted by atomic mass is 10.1. The molecule has 6 aromatic heterocycles. The zero-order chi connectivity index (χ0) is 18.8. The first kappa shape index (κ1) is 15.5. The summed E-state index contributed by atoms with van der Waals surface area (Å²) in [6.07, 6.45) is 3.26. The fourth-order valence-corrected chi connectivity index (χ4v) is 4.62. The highest BCUT2D eigenvalue weighted by Crippen LogP contribution is 2.36. The Hall–Kier alpha value is -3.59. The van der Waals surface area contributed by atoms with E-state index in [0.717, 1.165) is 37.3 Å². The van der Waals surface area contributed by atoms with Gasteiger partial charge in [-0.05, 0) is 37.6 Å². The second kappa shape index (κ2) is 5.46. The summed E-state index contributed by atoms with van der Waals surface area (Å²) in [6, 6.07) is 7.44. The highest BCUT2D eigenvalue weighted by molar-refractivity contribution is 7.26. The molecule has 6 heterocycles. The normalized spacial score (nSPS) is 11.9. The van der Waals surface area contributed by atoms with Gasteiger partial charge in [0.15, 0.2) is 17.1 Å². The number of fused-ring (bicyclic) bond motifs is 5. The van der Waals surface area contributed by atoms with Crippen LogP contribution in [0.4, 0.5) is 0 Å². The summed E-state index contributed by atoms with van der Waals surface area (Å²) in [5, 5.41) is 9.67. The molecule has 0 aliphatic carbocycles. The minimum atomic E-state index is 0.467. The molecule has 136 valence electrons. The van der Waals surface area contributed by atoms with Crippen molar-refractivity contribution in [1.29, 1.82) is 0 Å². The summed E-state index contributed by atoms with van der Waals surface area (Å²) < 4.78 is 13.3. The Morgan fingerprint density at radius 2 is 2.04 bits per heavy atom. The highest BCUT2D eigenvalue weighted by Gasteiger charge is 2.19. The molecule has 0 bridgehead atoms. The van der Waals surface area contributed by atoms with Gasteiger partial charge in [-0.25, -0.2) is 19.5 Å². The average molecular weight is 388 g/mol. The number of aromatic nitrogens is 6. The summed E-state index contributed by atoms with van der Waals surface area (Å²) in [4.78, 5) is 14.9. The van der Waals surface area contributed by atoms with E-state index in [2.05, 4.69) is 33.2 Å². The molecule has 0 unspecified atom stereocenters. The average Bonchev–Trinajstić information content (AvgIpc) is 3.42. The number of rotatable bonds is 2. The van der Waals surface area contributed by atoms with Crippen molar-refractivity contribution in [2.45, 2.75) is 13.8 Å². The number of furan rings is 1. The lowest BCUT2D eigenvalue weighted by Gasteiger charge is -1.98. The maximum absolute atomic E-state index is 5.37. The number of hydrogen-bond donors (Lipinski definition) is 0. The summed E-state index contributed by atoms with van der Waals surface area (Å²) in [5.41, 5.74) is 4.30. The Morgan fingerprint density at radius 1 is 1.11 bits per heavy atom. The molecule has 0 saturated carbocycles. The van der Waals surface area contributed by atoms with Crippen molar-refractivity contribution in [1.82, 2.24) is 29.7 Å². The second-order valence-corrected chi connectivity index (χ2v) is 7.54. The van der Waals surface area contributed by atoms with Crippen LogP contribution in [0.25, 0.3) is 49.1 Å². The van der Waals surface area contributed by atoms with Crippen molar-refractivity contribution in [3.8, 4) is 23.0 Å². The standard InChI is InChI=1S/C19H12N6O2S/c1-9-6-10(2)21-19-14(9)15-16(28-19)18-22-17(23-25(18)8-20-15)11-7-13(27-24-11)12-4-3-5-26-12/h3-8H,1-2H3. The molecular weight excluding hydrogens is 376 g/mol. The minimum absolute atomic E-state index is 0.467. The number of hydrogen-bond acceptors (Lipinski definition) is 8. The fraction of sp³-hybridized carbons (Fsp3) is 0.105. The van der Waals surface area contributed by atoms with E-state index in [-0.39, 0.29) is 0 Å². The van der Waals surface area contributed by atoms with Crippen LogP contribution in [0.3, 0.4) is 0 Å². The third-order valence-electron chi connectivity index (χ3n) is 4.60. The van der Waals surface area contributed by atoms with Crippen molar-refractivity contribution < 1.29 is 8.94 Å². The van der Waals surface area contributed by atoms with Crippen molar-refractivity contribution in [2.75, 3.05) is 0 Å². The van der Waals surface area contributed by atoms with Gasteiger partial charge < -0.3 is 8.94 Å². The first-order valence-corrected chi connectivity index (χ1v) is 9.42. The van der Waals surface area contributed by atoms with E-state index in [1.807, 2.05) is 13.0 Å². The first-order valence-electron chi connectivity index (χ1n) is 8.60. The molecule has 8 nitrogen and oxygen atoms in total. The van der Waals surface area contributed by atoms with Crippen LogP contribution < -0.4 is 0 Å². The zero-order valence-corrected chi connectivity index (χ0v) is 15.7. The third-order valence-corrected chi connectivity index (χ3v) is 5.66. The van der Waals surface area contributed by atoms with Crippen molar-refractivity contribution >= 4 is 37.4 Å². The molecule has 0 radical (unpaired) electrons. The Kier molecular flexibility index (Phi) is 3.01. The van der Waals surface area contributed by atoms with E-state index in [1.54, 1.807) is 40.6 Å². The maximum atomic E-state index is 5.37. The van der Waals surface area contributed by atoms with Gasteiger partial charge in [0.2, 0.25) is 11.6 Å². The largest absolute Gasteiger partial charge is 0.461 e. The molecule has 6 rings (SSSR count). The minimum Gasteiger partial charge on any atom is -0.461 e. The number of nitrogens with zero attached hydrogens (tertiary/aromatic N) is 6. The van der Waals surface area contributed by atoms with Crippen LogP contribution in [0, 0.1) is 13.8 Å². The molecule has 0 spiro atoms. The van der Waals surface area contributed by atoms with E-state index in [9.17, 15) is 0 Å². The molecule has 0 aliphatic rings. The number of thiophene rings is 1. The molecule has 0 atom stereocenters. The zero-order valence-electron chi connectivity index (χ0n) is 14.9. The molecule has 0 fully saturated rings. The van der Waals surface area contributed by atoms with E-state index < -0.39 is 0 Å². The van der Waals surface area contributed by atoms with Crippen molar-refractivity contribution in [2.24, 2.45) is 0 Å². The van der Waals surface area contributed by atoms with Crippen LogP contribution in [0.1, 0.15) is 11.3 Å². The predicted octanol–water partition coefficient (Wildman–Crippen LogP) is 4.42. The molecule has 0 aromatic carbocycles. The first-order chi connectivity index (χ1) is 13.7. The van der Waals surface area contributed by atoms with Gasteiger partial charge in [0.1, 0.15) is 15.9 Å². The van der Waals surface area contributed by atoms with Gasteiger partial charge in [0.25, 0.3) is 0 Å². The van der Waals surface area contributed by atoms with Crippen LogP contribution in [0.2, 0.25) is 0 Å². The lowest BCUT2D eigenvalue weighted by molar-refractivity contribution is 0.419. The summed E-state index contributed by atoms with van der Waals surface area (Å²) >= 11 is 1.58. The van der Waals surface area contributed by atoms with E-state index >= 15 is 0 Å². The number of pyridine rings is 1. The van der Waals surface area contributed by atoms with Gasteiger partial charge >= 0.3 is 0 Å². The second-order valence-electron chi connectivity index (χ2n) is 6.54. The molecule has 0 amide bonds. The molecule has 9 heteroatoms. The van der Waals surface area contributed by atoms with E-state index in [4.69, 9.17) is 13.9 Å². The van der Waals surface area contributed by atoms with Crippen molar-refractivity contribution in [3.63, 3.8) is 0 Å². The third kappa shape index (κ3) is 2.13. The van der Waals surface area contributed by atoms with Crippen molar-refractivity contribution in [3.05, 3.63) is 48.1 Å². The van der Waals surface area contributed by atoms with Crippen LogP contribution in [-0.2, 0) is 0 Å². The van der Waals surface area contributed by atoms with Gasteiger partial charge in [-0.15, -0.1) is 16.4 Å². The van der Waals surface area contributed by atoms with Gasteiger partial charge in [0, 0.05) is 17.1 Å². The Balaban J connectivity index is 1.56. The monoisotopic (exact) mass is 388 g/mol. The van der Waals surface area contributed by atoms with Crippen LogP contribution in [-0.4, -0.2) is 29.7 Å². The van der Waals surface area contributed by atoms with Gasteiger partial charge in [-0.3, -0.25) is 0 Å². The summed E-state index contributed by atoms with van der Waals surface area (Å²) in [5.74, 6) is 1.60. The molecule has 28 heavy (non-hydrogen) atoms. The summed E-state index contributed by atoms with van der Waals surface area (Å²) in [6.45, 7) is 4.08. The Labute approximate surface area is 161 Å².